The van der Waals surface area contributed by atoms with Gasteiger partial charge in [-0.3, -0.25) is 0 Å². The average Bonchev–Trinajstić information content (AvgIpc) is 2.07. The highest BCUT2D eigenvalue weighted by Crippen LogP contribution is 2.14. The summed E-state index contributed by atoms with van der Waals surface area (Å²) in [6.07, 6.45) is 7.63. The second-order valence-corrected chi connectivity index (χ2v) is 3.64. The zero-order chi connectivity index (χ0) is 8.97. The van der Waals surface area contributed by atoms with E-state index in [2.05, 4.69) is 30.1 Å². The Morgan fingerprint density at radius 2 is 2.42 bits per heavy atom. The van der Waals surface area contributed by atoms with Gasteiger partial charge in [0.1, 0.15) is 0 Å². The molecular weight excluding hydrogens is 148 g/mol. The lowest BCUT2D eigenvalue weighted by Crippen LogP contribution is -2.45. The van der Waals surface area contributed by atoms with E-state index in [0.717, 1.165) is 0 Å². The van der Waals surface area contributed by atoms with E-state index in [9.17, 15) is 0 Å². The Morgan fingerprint density at radius 3 is 3.00 bits per heavy atom. The van der Waals surface area contributed by atoms with Crippen LogP contribution < -0.4 is 5.32 Å². The van der Waals surface area contributed by atoms with Gasteiger partial charge in [-0.05, 0) is 33.4 Å². The lowest BCUT2D eigenvalue weighted by atomic mass is 9.99. The maximum atomic E-state index is 5.18. The molecule has 1 heterocycles. The SMILES string of the molecule is C#CCNC1CCN(C)C(C)C1. The van der Waals surface area contributed by atoms with Gasteiger partial charge in [0.25, 0.3) is 0 Å². The molecule has 1 saturated heterocycles. The van der Waals surface area contributed by atoms with Gasteiger partial charge in [-0.1, -0.05) is 5.92 Å². The van der Waals surface area contributed by atoms with Crippen molar-refractivity contribution in [1.82, 2.24) is 10.2 Å². The average molecular weight is 166 g/mol. The number of nitrogens with zero attached hydrogens (tertiary/aromatic N) is 1. The van der Waals surface area contributed by atoms with Crippen molar-refractivity contribution in [3.63, 3.8) is 0 Å². The van der Waals surface area contributed by atoms with E-state index in [1.807, 2.05) is 0 Å². The maximum Gasteiger partial charge on any atom is 0.0575 e. The van der Waals surface area contributed by atoms with Crippen LogP contribution in [0.3, 0.4) is 0 Å². The molecule has 12 heavy (non-hydrogen) atoms. The summed E-state index contributed by atoms with van der Waals surface area (Å²) in [5, 5.41) is 3.36. The van der Waals surface area contributed by atoms with Gasteiger partial charge in [0, 0.05) is 12.1 Å². The number of rotatable bonds is 2. The summed E-state index contributed by atoms with van der Waals surface area (Å²) >= 11 is 0. The summed E-state index contributed by atoms with van der Waals surface area (Å²) in [5.41, 5.74) is 0. The highest BCUT2D eigenvalue weighted by molar-refractivity contribution is 4.90. The number of nitrogens with one attached hydrogen (secondary N) is 1. The van der Waals surface area contributed by atoms with Crippen molar-refractivity contribution in [2.24, 2.45) is 0 Å². The Bertz CT molecular complexity index is 171. The fourth-order valence-corrected chi connectivity index (χ4v) is 1.68. The van der Waals surface area contributed by atoms with Gasteiger partial charge in [-0.2, -0.15) is 0 Å². The van der Waals surface area contributed by atoms with Crippen LogP contribution in [0.2, 0.25) is 0 Å². The van der Waals surface area contributed by atoms with Gasteiger partial charge in [-0.25, -0.2) is 0 Å². The molecule has 1 rings (SSSR count). The van der Waals surface area contributed by atoms with Gasteiger partial charge in [0.05, 0.1) is 6.54 Å². The molecule has 0 aromatic rings. The third-order valence-electron chi connectivity index (χ3n) is 2.70. The highest BCUT2D eigenvalue weighted by atomic mass is 15.1. The molecule has 0 bridgehead atoms. The molecule has 2 nitrogen and oxygen atoms in total. The van der Waals surface area contributed by atoms with Crippen LogP contribution in [0.5, 0.6) is 0 Å². The quantitative estimate of drug-likeness (QED) is 0.607. The molecule has 2 heteroatoms. The van der Waals surface area contributed by atoms with Crippen molar-refractivity contribution in [3.8, 4) is 12.3 Å². The van der Waals surface area contributed by atoms with Crippen molar-refractivity contribution in [2.45, 2.75) is 31.8 Å². The van der Waals surface area contributed by atoms with Gasteiger partial charge in [-0.15, -0.1) is 6.42 Å². The summed E-state index contributed by atoms with van der Waals surface area (Å²) in [6.45, 7) is 4.16. The number of hydrogen-bond donors (Lipinski definition) is 1. The topological polar surface area (TPSA) is 15.3 Å². The zero-order valence-corrected chi connectivity index (χ0v) is 8.01. The molecule has 1 aliphatic rings. The highest BCUT2D eigenvalue weighted by Gasteiger charge is 2.21. The second kappa shape index (κ2) is 4.49. The number of terminal acetylenes is 1. The Balaban J connectivity index is 2.26. The summed E-state index contributed by atoms with van der Waals surface area (Å²) in [5.74, 6) is 2.62. The Hall–Kier alpha value is -0.520. The van der Waals surface area contributed by atoms with Crippen LogP contribution in [-0.4, -0.2) is 37.1 Å². The molecule has 0 spiro atoms. The van der Waals surface area contributed by atoms with Gasteiger partial charge >= 0.3 is 0 Å². The molecule has 0 aromatic heterocycles. The van der Waals surface area contributed by atoms with Crippen molar-refractivity contribution in [1.29, 1.82) is 0 Å². The van der Waals surface area contributed by atoms with Crippen LogP contribution >= 0.6 is 0 Å². The van der Waals surface area contributed by atoms with Crippen LogP contribution in [0.15, 0.2) is 0 Å². The predicted molar refractivity (Wildman–Crippen MR) is 51.9 cm³/mol. The van der Waals surface area contributed by atoms with E-state index in [1.165, 1.54) is 19.4 Å². The van der Waals surface area contributed by atoms with Crippen LogP contribution in [-0.2, 0) is 0 Å². The molecule has 1 aliphatic heterocycles. The second-order valence-electron chi connectivity index (χ2n) is 3.64. The minimum atomic E-state index is 0.632. The van der Waals surface area contributed by atoms with Gasteiger partial charge in [0.15, 0.2) is 0 Å². The summed E-state index contributed by atoms with van der Waals surface area (Å²) in [7, 11) is 2.18. The summed E-state index contributed by atoms with van der Waals surface area (Å²) in [4.78, 5) is 2.40. The van der Waals surface area contributed by atoms with Gasteiger partial charge < -0.3 is 10.2 Å². The maximum absolute atomic E-state index is 5.18. The third-order valence-corrected chi connectivity index (χ3v) is 2.70. The van der Waals surface area contributed by atoms with Crippen LogP contribution in [0.25, 0.3) is 0 Å². The van der Waals surface area contributed by atoms with E-state index in [0.29, 0.717) is 18.6 Å². The number of hydrogen-bond acceptors (Lipinski definition) is 2. The lowest BCUT2D eigenvalue weighted by molar-refractivity contribution is 0.171. The fraction of sp³-hybridized carbons (Fsp3) is 0.800. The van der Waals surface area contributed by atoms with Crippen LogP contribution in [0.4, 0.5) is 0 Å². The van der Waals surface area contributed by atoms with E-state index >= 15 is 0 Å². The fourth-order valence-electron chi connectivity index (χ4n) is 1.68. The van der Waals surface area contributed by atoms with E-state index in [1.54, 1.807) is 0 Å². The van der Waals surface area contributed by atoms with Gasteiger partial charge in [0.2, 0.25) is 0 Å². The first-order chi connectivity index (χ1) is 5.74. The first-order valence-corrected chi connectivity index (χ1v) is 4.61. The van der Waals surface area contributed by atoms with Crippen molar-refractivity contribution in [3.05, 3.63) is 0 Å². The molecule has 2 unspecified atom stereocenters. The number of piperidine rings is 1. The zero-order valence-electron chi connectivity index (χ0n) is 8.01. The van der Waals surface area contributed by atoms with Crippen LogP contribution in [0.1, 0.15) is 19.8 Å². The Kier molecular flexibility index (Phi) is 3.58. The van der Waals surface area contributed by atoms with Crippen molar-refractivity contribution >= 4 is 0 Å². The van der Waals surface area contributed by atoms with E-state index < -0.39 is 0 Å². The first kappa shape index (κ1) is 9.57. The molecule has 68 valence electrons. The monoisotopic (exact) mass is 166 g/mol. The minimum absolute atomic E-state index is 0.632. The molecule has 0 amide bonds. The summed E-state index contributed by atoms with van der Waals surface area (Å²) in [6, 6.07) is 1.32. The molecule has 0 aliphatic carbocycles. The third kappa shape index (κ3) is 2.51. The lowest BCUT2D eigenvalue weighted by Gasteiger charge is -2.35. The molecule has 2 atom stereocenters. The standard InChI is InChI=1S/C10H18N2/c1-4-6-11-10-5-7-12(3)9(2)8-10/h1,9-11H,5-8H2,2-3H3. The summed E-state index contributed by atoms with van der Waals surface area (Å²) < 4.78 is 0. The van der Waals surface area contributed by atoms with E-state index in [-0.39, 0.29) is 0 Å². The molecule has 0 aromatic carbocycles. The predicted octanol–water partition coefficient (Wildman–Crippen LogP) is 0.692. The molecule has 1 fully saturated rings. The normalized spacial score (nSPS) is 31.4. The molecule has 0 saturated carbocycles. The number of likely N-dealkylation sites (tertiary alicyclic amines) is 1. The van der Waals surface area contributed by atoms with E-state index in [4.69, 9.17) is 6.42 Å². The smallest absolute Gasteiger partial charge is 0.0575 e. The van der Waals surface area contributed by atoms with Crippen molar-refractivity contribution < 1.29 is 0 Å². The molecular formula is C10H18N2. The first-order valence-electron chi connectivity index (χ1n) is 4.61. The Labute approximate surface area is 75.3 Å². The van der Waals surface area contributed by atoms with Crippen molar-refractivity contribution in [2.75, 3.05) is 20.1 Å². The Morgan fingerprint density at radius 1 is 1.67 bits per heavy atom. The molecule has 0 radical (unpaired) electrons. The molecule has 1 N–H and O–H groups in total. The van der Waals surface area contributed by atoms with Crippen LogP contribution in [0, 0.1) is 12.3 Å². The largest absolute Gasteiger partial charge is 0.304 e. The minimum Gasteiger partial charge on any atom is -0.304 e.